The Bertz CT molecular complexity index is 586. The molecular weight excluding hydrogens is 274 g/mol. The maximum Gasteiger partial charge on any atom is 0.252 e. The number of piperidine rings is 1. The second-order valence-electron chi connectivity index (χ2n) is 4.66. The number of hydrogen-bond acceptors (Lipinski definition) is 5. The molecule has 1 atom stereocenters. The fraction of sp³-hybridized carbons (Fsp3) is 0.357. The van der Waals surface area contributed by atoms with Crippen LogP contribution in [-0.2, 0) is 9.59 Å². The van der Waals surface area contributed by atoms with Crippen LogP contribution in [0.15, 0.2) is 18.2 Å². The Morgan fingerprint density at radius 2 is 2.24 bits per heavy atom. The van der Waals surface area contributed by atoms with E-state index in [4.69, 9.17) is 10.5 Å². The first kappa shape index (κ1) is 14.8. The molecule has 1 unspecified atom stereocenters. The molecule has 7 heteroatoms. The number of carbonyl (C=O) groups is 3. The molecule has 4 N–H and O–H groups in total. The smallest absolute Gasteiger partial charge is 0.252 e. The quantitative estimate of drug-likeness (QED) is 0.542. The van der Waals surface area contributed by atoms with Crippen molar-refractivity contribution in [3.8, 4) is 5.75 Å². The Labute approximate surface area is 121 Å². The summed E-state index contributed by atoms with van der Waals surface area (Å²) in [5.41, 5.74) is 6.48. The zero-order chi connectivity index (χ0) is 15.4. The Kier molecular flexibility index (Phi) is 4.42. The Morgan fingerprint density at radius 1 is 1.48 bits per heavy atom. The van der Waals surface area contributed by atoms with Crippen LogP contribution in [0.5, 0.6) is 5.75 Å². The summed E-state index contributed by atoms with van der Waals surface area (Å²) < 4.78 is 5.29. The fourth-order valence-corrected chi connectivity index (χ4v) is 2.05. The number of anilines is 1. The minimum atomic E-state index is -0.706. The van der Waals surface area contributed by atoms with E-state index in [1.807, 2.05) is 6.92 Å². The van der Waals surface area contributed by atoms with Gasteiger partial charge in [-0.1, -0.05) is 0 Å². The average molecular weight is 291 g/mol. The zero-order valence-electron chi connectivity index (χ0n) is 11.6. The van der Waals surface area contributed by atoms with E-state index in [9.17, 15) is 14.4 Å². The van der Waals surface area contributed by atoms with Gasteiger partial charge in [-0.3, -0.25) is 19.7 Å². The minimum Gasteiger partial charge on any atom is -0.492 e. The van der Waals surface area contributed by atoms with E-state index in [-0.39, 0.29) is 12.3 Å². The highest BCUT2D eigenvalue weighted by molar-refractivity contribution is 6.04. The van der Waals surface area contributed by atoms with E-state index in [1.165, 1.54) is 6.07 Å². The zero-order valence-corrected chi connectivity index (χ0v) is 11.6. The van der Waals surface area contributed by atoms with Crippen LogP contribution < -0.4 is 21.1 Å². The van der Waals surface area contributed by atoms with Crippen LogP contribution in [0.2, 0.25) is 0 Å². The predicted molar refractivity (Wildman–Crippen MR) is 75.7 cm³/mol. The van der Waals surface area contributed by atoms with Gasteiger partial charge in [0.2, 0.25) is 11.8 Å². The van der Waals surface area contributed by atoms with Crippen molar-refractivity contribution in [3.63, 3.8) is 0 Å². The molecule has 2 rings (SSSR count). The van der Waals surface area contributed by atoms with Crippen molar-refractivity contribution in [1.82, 2.24) is 10.6 Å². The molecule has 21 heavy (non-hydrogen) atoms. The highest BCUT2D eigenvalue weighted by Crippen LogP contribution is 2.22. The molecule has 0 aromatic heterocycles. The van der Waals surface area contributed by atoms with Crippen LogP contribution in [0.3, 0.4) is 0 Å². The Hall–Kier alpha value is -2.57. The van der Waals surface area contributed by atoms with Crippen molar-refractivity contribution in [2.75, 3.05) is 12.3 Å². The first-order valence-corrected chi connectivity index (χ1v) is 6.68. The summed E-state index contributed by atoms with van der Waals surface area (Å²) in [4.78, 5) is 34.7. The highest BCUT2D eigenvalue weighted by atomic mass is 16.5. The Morgan fingerprint density at radius 3 is 2.86 bits per heavy atom. The van der Waals surface area contributed by atoms with Crippen molar-refractivity contribution in [1.29, 1.82) is 0 Å². The number of hydrogen-bond donors (Lipinski definition) is 3. The molecule has 1 aliphatic heterocycles. The SMILES string of the molecule is CCOc1ccc(C(=O)NC2CCC(=O)NC2=O)cc1N. The van der Waals surface area contributed by atoms with E-state index < -0.39 is 17.9 Å². The van der Waals surface area contributed by atoms with Crippen molar-refractivity contribution in [2.45, 2.75) is 25.8 Å². The van der Waals surface area contributed by atoms with Crippen molar-refractivity contribution < 1.29 is 19.1 Å². The summed E-state index contributed by atoms with van der Waals surface area (Å²) in [6.45, 7) is 2.31. The van der Waals surface area contributed by atoms with Gasteiger partial charge in [0.25, 0.3) is 5.91 Å². The lowest BCUT2D eigenvalue weighted by atomic mass is 10.1. The summed E-state index contributed by atoms with van der Waals surface area (Å²) in [7, 11) is 0. The van der Waals surface area contributed by atoms with Gasteiger partial charge < -0.3 is 15.8 Å². The maximum atomic E-state index is 12.1. The topological polar surface area (TPSA) is 111 Å². The standard InChI is InChI=1S/C14H17N3O4/c1-2-21-11-5-3-8(7-9(11)15)13(19)16-10-4-6-12(18)17-14(10)20/h3,5,7,10H,2,4,6,15H2,1H3,(H,16,19)(H,17,18,20). The molecule has 0 radical (unpaired) electrons. The molecule has 1 aromatic carbocycles. The lowest BCUT2D eigenvalue weighted by molar-refractivity contribution is -0.134. The number of carbonyl (C=O) groups excluding carboxylic acids is 3. The van der Waals surface area contributed by atoms with Crippen molar-refractivity contribution >= 4 is 23.4 Å². The van der Waals surface area contributed by atoms with E-state index in [1.54, 1.807) is 12.1 Å². The van der Waals surface area contributed by atoms with Crippen LogP contribution in [0, 0.1) is 0 Å². The number of imide groups is 1. The molecule has 1 saturated heterocycles. The summed E-state index contributed by atoms with van der Waals surface area (Å²) in [6, 6.07) is 3.97. The molecule has 1 aromatic rings. The first-order chi connectivity index (χ1) is 10.0. The second-order valence-corrected chi connectivity index (χ2v) is 4.66. The van der Waals surface area contributed by atoms with Gasteiger partial charge in [-0.25, -0.2) is 0 Å². The minimum absolute atomic E-state index is 0.210. The Balaban J connectivity index is 2.05. The molecule has 1 aliphatic rings. The number of benzene rings is 1. The van der Waals surface area contributed by atoms with Crippen molar-refractivity contribution in [3.05, 3.63) is 23.8 Å². The summed E-state index contributed by atoms with van der Waals surface area (Å²) in [6.07, 6.45) is 0.505. The summed E-state index contributed by atoms with van der Waals surface area (Å²) in [5, 5.41) is 4.77. The molecule has 0 bridgehead atoms. The van der Waals surface area contributed by atoms with Crippen LogP contribution >= 0.6 is 0 Å². The number of ether oxygens (including phenoxy) is 1. The van der Waals surface area contributed by atoms with Crippen LogP contribution in [0.4, 0.5) is 5.69 Å². The van der Waals surface area contributed by atoms with E-state index in [0.29, 0.717) is 30.0 Å². The number of amides is 3. The number of rotatable bonds is 4. The van der Waals surface area contributed by atoms with E-state index in [0.717, 1.165) is 0 Å². The second kappa shape index (κ2) is 6.25. The molecule has 1 heterocycles. The normalized spacial score (nSPS) is 18.0. The maximum absolute atomic E-state index is 12.1. The molecule has 0 spiro atoms. The van der Waals surface area contributed by atoms with Crippen LogP contribution in [-0.4, -0.2) is 30.4 Å². The number of nitrogens with two attached hydrogens (primary N) is 1. The monoisotopic (exact) mass is 291 g/mol. The van der Waals surface area contributed by atoms with Gasteiger partial charge in [0, 0.05) is 12.0 Å². The van der Waals surface area contributed by atoms with Gasteiger partial charge in [-0.15, -0.1) is 0 Å². The van der Waals surface area contributed by atoms with E-state index in [2.05, 4.69) is 10.6 Å². The lowest BCUT2D eigenvalue weighted by Crippen LogP contribution is -2.52. The van der Waals surface area contributed by atoms with Gasteiger partial charge >= 0.3 is 0 Å². The van der Waals surface area contributed by atoms with Gasteiger partial charge in [0.1, 0.15) is 11.8 Å². The number of nitrogen functional groups attached to an aromatic ring is 1. The predicted octanol–water partition coefficient (Wildman–Crippen LogP) is 0.203. The highest BCUT2D eigenvalue weighted by Gasteiger charge is 2.28. The molecule has 3 amide bonds. The van der Waals surface area contributed by atoms with Gasteiger partial charge in [0.15, 0.2) is 0 Å². The largest absolute Gasteiger partial charge is 0.492 e. The molecule has 0 saturated carbocycles. The van der Waals surface area contributed by atoms with Gasteiger partial charge in [-0.05, 0) is 31.5 Å². The van der Waals surface area contributed by atoms with E-state index >= 15 is 0 Å². The third kappa shape index (κ3) is 3.50. The molecule has 112 valence electrons. The first-order valence-electron chi connectivity index (χ1n) is 6.68. The molecular formula is C14H17N3O4. The third-order valence-electron chi connectivity index (χ3n) is 3.12. The molecule has 7 nitrogen and oxygen atoms in total. The van der Waals surface area contributed by atoms with Crippen LogP contribution in [0.1, 0.15) is 30.1 Å². The third-order valence-corrected chi connectivity index (χ3v) is 3.12. The molecule has 1 fully saturated rings. The fourth-order valence-electron chi connectivity index (χ4n) is 2.05. The van der Waals surface area contributed by atoms with Gasteiger partial charge in [-0.2, -0.15) is 0 Å². The van der Waals surface area contributed by atoms with Crippen LogP contribution in [0.25, 0.3) is 0 Å². The van der Waals surface area contributed by atoms with Gasteiger partial charge in [0.05, 0.1) is 12.3 Å². The summed E-state index contributed by atoms with van der Waals surface area (Å²) in [5.74, 6) is -0.719. The van der Waals surface area contributed by atoms with Crippen molar-refractivity contribution in [2.24, 2.45) is 0 Å². The molecule has 0 aliphatic carbocycles. The summed E-state index contributed by atoms with van der Waals surface area (Å²) >= 11 is 0. The average Bonchev–Trinajstić information content (AvgIpc) is 2.44. The lowest BCUT2D eigenvalue weighted by Gasteiger charge is -2.21. The number of nitrogens with one attached hydrogen (secondary N) is 2.